The van der Waals surface area contributed by atoms with Gasteiger partial charge in [0.1, 0.15) is 5.82 Å². The highest BCUT2D eigenvalue weighted by molar-refractivity contribution is 5.98. The zero-order valence-electron chi connectivity index (χ0n) is 14.5. The second-order valence-corrected chi connectivity index (χ2v) is 6.52. The third-order valence-electron chi connectivity index (χ3n) is 4.60. The second-order valence-electron chi connectivity index (χ2n) is 6.52. The number of aromatic nitrogens is 1. The van der Waals surface area contributed by atoms with Gasteiger partial charge < -0.3 is 20.9 Å². The van der Waals surface area contributed by atoms with Crippen molar-refractivity contribution in [2.75, 3.05) is 12.4 Å². The molecule has 2 heterocycles. The fraction of sp³-hybridized carbons (Fsp3) is 0.100. The van der Waals surface area contributed by atoms with Crippen molar-refractivity contribution in [3.8, 4) is 0 Å². The predicted octanol–water partition coefficient (Wildman–Crippen LogP) is 2.62. The Morgan fingerprint density at radius 3 is 2.85 bits per heavy atom. The molecule has 0 saturated heterocycles. The summed E-state index contributed by atoms with van der Waals surface area (Å²) in [7, 11) is 1.75. The number of H-pyrrole nitrogens is 1. The minimum absolute atomic E-state index is 0.00142. The molecule has 7 heteroatoms. The van der Waals surface area contributed by atoms with Crippen LogP contribution in [0.3, 0.4) is 0 Å². The van der Waals surface area contributed by atoms with E-state index in [0.29, 0.717) is 23.0 Å². The SMILES string of the molecule is CN1Cc2cc(N/C=C(\N)c3cc4cc(F)ccc4[nH]c3=O)ccc2C1=O. The average molecular weight is 364 g/mol. The van der Waals surface area contributed by atoms with Crippen molar-refractivity contribution >= 4 is 28.2 Å². The third-order valence-corrected chi connectivity index (χ3v) is 4.60. The molecule has 0 unspecified atom stereocenters. The Morgan fingerprint density at radius 1 is 1.22 bits per heavy atom. The van der Waals surface area contributed by atoms with Gasteiger partial charge in [-0.2, -0.15) is 0 Å². The van der Waals surface area contributed by atoms with E-state index in [1.807, 2.05) is 6.07 Å². The number of anilines is 1. The number of aromatic amines is 1. The van der Waals surface area contributed by atoms with E-state index in [-0.39, 0.29) is 28.5 Å². The number of fused-ring (bicyclic) bond motifs is 2. The predicted molar refractivity (Wildman–Crippen MR) is 103 cm³/mol. The molecule has 136 valence electrons. The number of nitrogens with zero attached hydrogens (tertiary/aromatic N) is 1. The molecule has 0 radical (unpaired) electrons. The molecule has 0 aliphatic carbocycles. The van der Waals surface area contributed by atoms with E-state index >= 15 is 0 Å². The number of nitrogens with one attached hydrogen (secondary N) is 2. The summed E-state index contributed by atoms with van der Waals surface area (Å²) in [5, 5.41) is 3.60. The molecule has 27 heavy (non-hydrogen) atoms. The second kappa shape index (κ2) is 6.28. The number of pyridine rings is 1. The van der Waals surface area contributed by atoms with Gasteiger partial charge in [0.2, 0.25) is 0 Å². The van der Waals surface area contributed by atoms with Gasteiger partial charge in [0.05, 0.1) is 11.3 Å². The fourth-order valence-corrected chi connectivity index (χ4v) is 3.19. The van der Waals surface area contributed by atoms with Crippen LogP contribution in [0.25, 0.3) is 16.6 Å². The number of benzene rings is 2. The molecule has 1 aromatic heterocycles. The Morgan fingerprint density at radius 2 is 2.04 bits per heavy atom. The number of rotatable bonds is 3. The van der Waals surface area contributed by atoms with Crippen LogP contribution in [0.2, 0.25) is 0 Å². The van der Waals surface area contributed by atoms with Gasteiger partial charge in [0.25, 0.3) is 11.5 Å². The van der Waals surface area contributed by atoms with Crippen molar-refractivity contribution < 1.29 is 9.18 Å². The molecular weight excluding hydrogens is 347 g/mol. The first-order valence-corrected chi connectivity index (χ1v) is 8.36. The van der Waals surface area contributed by atoms with E-state index in [9.17, 15) is 14.0 Å². The van der Waals surface area contributed by atoms with Crippen LogP contribution in [-0.2, 0) is 6.54 Å². The van der Waals surface area contributed by atoms with Crippen LogP contribution in [0.1, 0.15) is 21.5 Å². The molecule has 6 nitrogen and oxygen atoms in total. The molecule has 2 aromatic carbocycles. The summed E-state index contributed by atoms with van der Waals surface area (Å²) in [4.78, 5) is 28.5. The van der Waals surface area contributed by atoms with E-state index in [2.05, 4.69) is 10.3 Å². The number of hydrogen-bond acceptors (Lipinski definition) is 4. The van der Waals surface area contributed by atoms with Crippen molar-refractivity contribution in [1.82, 2.24) is 9.88 Å². The maximum Gasteiger partial charge on any atom is 0.257 e. The first-order valence-electron chi connectivity index (χ1n) is 8.36. The van der Waals surface area contributed by atoms with Crippen molar-refractivity contribution in [2.45, 2.75) is 6.54 Å². The summed E-state index contributed by atoms with van der Waals surface area (Å²) in [5.41, 5.74) is 9.07. The van der Waals surface area contributed by atoms with Crippen molar-refractivity contribution in [1.29, 1.82) is 0 Å². The van der Waals surface area contributed by atoms with E-state index in [4.69, 9.17) is 5.73 Å². The molecular formula is C20H17FN4O2. The molecule has 0 bridgehead atoms. The highest BCUT2D eigenvalue weighted by Crippen LogP contribution is 2.25. The fourth-order valence-electron chi connectivity index (χ4n) is 3.19. The quantitative estimate of drug-likeness (QED) is 0.666. The number of carbonyl (C=O) groups excluding carboxylic acids is 1. The lowest BCUT2D eigenvalue weighted by atomic mass is 10.1. The van der Waals surface area contributed by atoms with E-state index in [1.54, 1.807) is 30.1 Å². The Labute approximate surface area is 154 Å². The van der Waals surface area contributed by atoms with E-state index < -0.39 is 0 Å². The summed E-state index contributed by atoms with van der Waals surface area (Å²) < 4.78 is 13.4. The van der Waals surface area contributed by atoms with Crippen molar-refractivity contribution in [2.24, 2.45) is 5.73 Å². The first-order chi connectivity index (χ1) is 12.9. The number of hydrogen-bond donors (Lipinski definition) is 3. The van der Waals surface area contributed by atoms with Crippen molar-refractivity contribution in [3.63, 3.8) is 0 Å². The van der Waals surface area contributed by atoms with Gasteiger partial charge in [-0.05, 0) is 48.0 Å². The largest absolute Gasteiger partial charge is 0.397 e. The molecule has 0 spiro atoms. The molecule has 0 saturated carbocycles. The number of amides is 1. The van der Waals surface area contributed by atoms with Gasteiger partial charge in [0, 0.05) is 41.9 Å². The molecule has 0 fully saturated rings. The maximum atomic E-state index is 13.4. The van der Waals surface area contributed by atoms with Crippen LogP contribution >= 0.6 is 0 Å². The van der Waals surface area contributed by atoms with Gasteiger partial charge in [-0.25, -0.2) is 4.39 Å². The summed E-state index contributed by atoms with van der Waals surface area (Å²) in [6, 6.07) is 11.1. The molecule has 3 aromatic rings. The highest BCUT2D eigenvalue weighted by Gasteiger charge is 2.24. The Hall–Kier alpha value is -3.61. The smallest absolute Gasteiger partial charge is 0.257 e. The van der Waals surface area contributed by atoms with Crippen molar-refractivity contribution in [3.05, 3.63) is 81.5 Å². The Bertz CT molecular complexity index is 1170. The van der Waals surface area contributed by atoms with Crippen LogP contribution < -0.4 is 16.6 Å². The molecule has 1 aliphatic rings. The van der Waals surface area contributed by atoms with Gasteiger partial charge in [0.15, 0.2) is 0 Å². The minimum atomic E-state index is -0.390. The number of carbonyl (C=O) groups is 1. The summed E-state index contributed by atoms with van der Waals surface area (Å²) >= 11 is 0. The van der Waals surface area contributed by atoms with Gasteiger partial charge >= 0.3 is 0 Å². The standard InChI is InChI=1S/C20H17FN4O2/c1-25-10-12-7-14(3-4-15(12)20(25)27)23-9-17(22)16-8-11-6-13(21)2-5-18(11)24-19(16)26/h2-9,23H,10,22H2,1H3,(H,24,26)/b17-9-. The van der Waals surface area contributed by atoms with Crippen LogP contribution in [0.15, 0.2) is 53.5 Å². The average Bonchev–Trinajstić information content (AvgIpc) is 2.93. The zero-order chi connectivity index (χ0) is 19.1. The van der Waals surface area contributed by atoms with E-state index in [0.717, 1.165) is 11.3 Å². The van der Waals surface area contributed by atoms with Gasteiger partial charge in [-0.1, -0.05) is 0 Å². The summed E-state index contributed by atoms with van der Waals surface area (Å²) in [6.07, 6.45) is 1.51. The normalized spacial score (nSPS) is 13.9. The summed E-state index contributed by atoms with van der Waals surface area (Å²) in [6.45, 7) is 0.554. The van der Waals surface area contributed by atoms with Crippen LogP contribution in [0.4, 0.5) is 10.1 Å². The first kappa shape index (κ1) is 16.8. The number of halogens is 1. The summed E-state index contributed by atoms with van der Waals surface area (Å²) in [5.74, 6) is -0.389. The lowest BCUT2D eigenvalue weighted by Gasteiger charge is -2.07. The Kier molecular flexibility index (Phi) is 3.92. The molecule has 0 atom stereocenters. The molecule has 4 N–H and O–H groups in total. The maximum absolute atomic E-state index is 13.4. The van der Waals surface area contributed by atoms with Gasteiger partial charge in [-0.3, -0.25) is 9.59 Å². The van der Waals surface area contributed by atoms with Gasteiger partial charge in [-0.15, -0.1) is 0 Å². The molecule has 1 aliphatic heterocycles. The van der Waals surface area contributed by atoms with Crippen LogP contribution in [0.5, 0.6) is 0 Å². The topological polar surface area (TPSA) is 91.2 Å². The molecule has 1 amide bonds. The lowest BCUT2D eigenvalue weighted by molar-refractivity contribution is 0.0816. The molecule has 4 rings (SSSR count). The number of nitrogens with two attached hydrogens (primary N) is 1. The third kappa shape index (κ3) is 3.03. The zero-order valence-corrected chi connectivity index (χ0v) is 14.5. The highest BCUT2D eigenvalue weighted by atomic mass is 19.1. The van der Waals surface area contributed by atoms with Crippen LogP contribution in [0, 0.1) is 5.82 Å². The monoisotopic (exact) mass is 364 g/mol. The Balaban J connectivity index is 1.63. The lowest BCUT2D eigenvalue weighted by Crippen LogP contribution is -2.17. The minimum Gasteiger partial charge on any atom is -0.397 e. The van der Waals surface area contributed by atoms with E-state index in [1.165, 1.54) is 24.4 Å². The van der Waals surface area contributed by atoms with Crippen LogP contribution in [-0.4, -0.2) is 22.8 Å².